The lowest BCUT2D eigenvalue weighted by molar-refractivity contribution is -0.178. The van der Waals surface area contributed by atoms with E-state index in [0.29, 0.717) is 29.8 Å². The third-order valence-electron chi connectivity index (χ3n) is 11.5. The molecular weight excluding hydrogens is 761 g/mol. The third-order valence-corrected chi connectivity index (χ3v) is 11.5. The van der Waals surface area contributed by atoms with Crippen molar-refractivity contribution in [2.75, 3.05) is 38.8 Å². The number of anilines is 1. The average molecular weight is 805 g/mol. The number of fused-ring (bicyclic) bond motifs is 3. The van der Waals surface area contributed by atoms with Gasteiger partial charge in [0, 0.05) is 19.2 Å². The van der Waals surface area contributed by atoms with E-state index in [1.165, 1.54) is 19.2 Å². The van der Waals surface area contributed by atoms with E-state index in [9.17, 15) is 19.5 Å². The zero-order valence-corrected chi connectivity index (χ0v) is 33.1. The number of carbonyl (C=O) groups is 4. The van der Waals surface area contributed by atoms with Gasteiger partial charge in [0.1, 0.15) is 29.9 Å². The SMILES string of the molecule is COCCOC(=O)N1C(=O)[C@@]2(c3cc(C#CCN(C)Cc4ccccc4)ccc31)[C@H](c1ccc(O)cc1)N1[C@H](c3ccccc3)[C@H](c3ccccc3)OC(=O)[C@H]1[C@@H]2C(N)=O. The molecule has 3 heterocycles. The molecule has 5 aromatic carbocycles. The van der Waals surface area contributed by atoms with Gasteiger partial charge in [0.25, 0.3) is 0 Å². The molecule has 3 aliphatic rings. The molecule has 0 saturated carbocycles. The van der Waals surface area contributed by atoms with Crippen molar-refractivity contribution in [2.24, 2.45) is 11.7 Å². The number of nitrogens with zero attached hydrogens (tertiary/aromatic N) is 3. The number of aromatic hydroxyl groups is 1. The van der Waals surface area contributed by atoms with Crippen molar-refractivity contribution in [1.29, 1.82) is 0 Å². The number of hydrogen-bond donors (Lipinski definition) is 2. The summed E-state index contributed by atoms with van der Waals surface area (Å²) in [5.41, 5.74) is 8.40. The number of phenols is 1. The van der Waals surface area contributed by atoms with Crippen LogP contribution in [0.3, 0.4) is 0 Å². The molecule has 0 radical (unpaired) electrons. The van der Waals surface area contributed by atoms with Gasteiger partial charge in [0.2, 0.25) is 11.8 Å². The van der Waals surface area contributed by atoms with Gasteiger partial charge >= 0.3 is 12.1 Å². The fraction of sp³-hybridized carbons (Fsp3) is 0.250. The van der Waals surface area contributed by atoms with Gasteiger partial charge in [0.05, 0.1) is 36.8 Å². The van der Waals surface area contributed by atoms with Crippen LogP contribution in [0.5, 0.6) is 5.75 Å². The summed E-state index contributed by atoms with van der Waals surface area (Å²) in [7, 11) is 3.42. The monoisotopic (exact) mass is 804 g/mol. The highest BCUT2D eigenvalue weighted by molar-refractivity contribution is 6.23. The summed E-state index contributed by atoms with van der Waals surface area (Å²) in [4.78, 5) is 63.8. The second-order valence-corrected chi connectivity index (χ2v) is 15.2. The molecule has 0 aromatic heterocycles. The van der Waals surface area contributed by atoms with E-state index in [0.717, 1.165) is 16.0 Å². The van der Waals surface area contributed by atoms with Gasteiger partial charge in [-0.05, 0) is 65.2 Å². The second-order valence-electron chi connectivity index (χ2n) is 15.2. The number of imide groups is 1. The molecule has 3 N–H and O–H groups in total. The van der Waals surface area contributed by atoms with E-state index in [4.69, 9.17) is 19.9 Å². The number of morpholine rings is 1. The molecule has 0 bridgehead atoms. The van der Waals surface area contributed by atoms with Crippen LogP contribution in [0.2, 0.25) is 0 Å². The maximum Gasteiger partial charge on any atom is 0.421 e. The normalized spacial score (nSPS) is 23.1. The number of benzene rings is 5. The van der Waals surface area contributed by atoms with Gasteiger partial charge in [-0.1, -0.05) is 115 Å². The summed E-state index contributed by atoms with van der Waals surface area (Å²) in [6.07, 6.45) is -1.88. The van der Waals surface area contributed by atoms with Crippen LogP contribution in [-0.2, 0) is 40.6 Å². The highest BCUT2D eigenvalue weighted by Crippen LogP contribution is 2.65. The number of methoxy groups -OCH3 is 1. The second kappa shape index (κ2) is 16.8. The highest BCUT2D eigenvalue weighted by Gasteiger charge is 2.75. The number of cyclic esters (lactones) is 1. The summed E-state index contributed by atoms with van der Waals surface area (Å²) < 4.78 is 17.1. The Labute approximate surface area is 348 Å². The van der Waals surface area contributed by atoms with Crippen molar-refractivity contribution < 1.29 is 38.5 Å². The average Bonchev–Trinajstić information content (AvgIpc) is 3.71. The van der Waals surface area contributed by atoms with Gasteiger partial charge in [-0.25, -0.2) is 9.69 Å². The molecule has 2 fully saturated rings. The lowest BCUT2D eigenvalue weighted by atomic mass is 9.65. The number of hydrogen-bond acceptors (Lipinski definition) is 10. The van der Waals surface area contributed by atoms with Crippen molar-refractivity contribution in [3.63, 3.8) is 0 Å². The predicted molar refractivity (Wildman–Crippen MR) is 222 cm³/mol. The molecule has 3 aliphatic heterocycles. The van der Waals surface area contributed by atoms with E-state index >= 15 is 4.79 Å². The first-order valence-electron chi connectivity index (χ1n) is 19.7. The predicted octanol–water partition coefficient (Wildman–Crippen LogP) is 5.81. The molecule has 1 spiro atoms. The van der Waals surface area contributed by atoms with E-state index in [1.807, 2.05) is 103 Å². The van der Waals surface area contributed by atoms with E-state index in [-0.39, 0.29) is 30.2 Å². The van der Waals surface area contributed by atoms with Crippen LogP contribution in [0.25, 0.3) is 0 Å². The molecule has 2 saturated heterocycles. The van der Waals surface area contributed by atoms with Crippen molar-refractivity contribution in [3.8, 4) is 17.6 Å². The van der Waals surface area contributed by atoms with Gasteiger partial charge < -0.3 is 25.1 Å². The fourth-order valence-electron chi connectivity index (χ4n) is 9.16. The number of esters is 1. The molecule has 0 aliphatic carbocycles. The van der Waals surface area contributed by atoms with Crippen LogP contribution >= 0.6 is 0 Å². The first-order valence-corrected chi connectivity index (χ1v) is 19.7. The zero-order valence-electron chi connectivity index (χ0n) is 33.1. The molecule has 60 heavy (non-hydrogen) atoms. The molecule has 12 nitrogen and oxygen atoms in total. The first-order chi connectivity index (χ1) is 29.1. The van der Waals surface area contributed by atoms with Crippen LogP contribution in [0.15, 0.2) is 133 Å². The summed E-state index contributed by atoms with van der Waals surface area (Å²) in [5, 5.41) is 10.5. The maximum absolute atomic E-state index is 15.8. The Morgan fingerprint density at radius 3 is 2.13 bits per heavy atom. The number of ether oxygens (including phenoxy) is 3. The molecular formula is C48H44N4O8. The Morgan fingerprint density at radius 1 is 0.833 bits per heavy atom. The molecule has 5 aromatic rings. The number of primary amides is 1. The molecule has 0 unspecified atom stereocenters. The van der Waals surface area contributed by atoms with Crippen molar-refractivity contribution in [1.82, 2.24) is 9.80 Å². The fourth-order valence-corrected chi connectivity index (χ4v) is 9.16. The number of rotatable bonds is 10. The van der Waals surface area contributed by atoms with Crippen LogP contribution in [0.1, 0.15) is 51.6 Å². The van der Waals surface area contributed by atoms with Gasteiger partial charge in [-0.3, -0.25) is 24.2 Å². The number of carbonyl (C=O) groups excluding carboxylic acids is 4. The molecule has 8 rings (SSSR count). The van der Waals surface area contributed by atoms with Crippen LogP contribution in [-0.4, -0.2) is 78.7 Å². The number of phenolic OH excluding ortho intramolecular Hbond substituents is 1. The van der Waals surface area contributed by atoms with Gasteiger partial charge in [0.15, 0.2) is 0 Å². The molecule has 6 atom stereocenters. The number of nitrogens with two attached hydrogens (primary N) is 1. The van der Waals surface area contributed by atoms with E-state index in [2.05, 4.69) is 16.7 Å². The Bertz CT molecular complexity index is 2450. The standard InChI is InChI=1S/C48H44N4O8/c1-50(30-32-13-6-3-7-14-32)26-12-15-31-20-25-38-37(29-31)48(46(56)51(38)47(57)59-28-27-58-2)39(44(49)54)41-45(55)60-42(34-18-10-5-11-19-34)40(33-16-8-4-9-17-33)52(41)43(48)35-21-23-36(53)24-22-35/h3-11,13-14,16-25,29,39-43,53H,26-28,30H2,1-2H3,(H2,49,54)/t39-,40-,41-,42+,43+,48-/m1/s1. The topological polar surface area (TPSA) is 152 Å². The minimum Gasteiger partial charge on any atom is -0.508 e. The Hall–Kier alpha value is -6.78. The van der Waals surface area contributed by atoms with Gasteiger partial charge in [-0.2, -0.15) is 0 Å². The van der Waals surface area contributed by atoms with Crippen molar-refractivity contribution >= 4 is 29.6 Å². The Morgan fingerprint density at radius 2 is 1.48 bits per heavy atom. The first kappa shape index (κ1) is 40.0. The largest absolute Gasteiger partial charge is 0.508 e. The van der Waals surface area contributed by atoms with Crippen LogP contribution in [0.4, 0.5) is 10.5 Å². The quantitative estimate of drug-likeness (QED) is 0.101. The Kier molecular flexibility index (Phi) is 11.2. The van der Waals surface area contributed by atoms with Crippen LogP contribution < -0.4 is 10.6 Å². The van der Waals surface area contributed by atoms with Gasteiger partial charge in [-0.15, -0.1) is 0 Å². The van der Waals surface area contributed by atoms with Crippen molar-refractivity contribution in [2.45, 2.75) is 36.2 Å². The number of amides is 3. The lowest BCUT2D eigenvalue weighted by Gasteiger charge is -2.46. The van der Waals surface area contributed by atoms with E-state index in [1.54, 1.807) is 30.3 Å². The molecule has 304 valence electrons. The minimum atomic E-state index is -2.01. The summed E-state index contributed by atoms with van der Waals surface area (Å²) in [6, 6.07) is 36.7. The molecule has 12 heteroatoms. The van der Waals surface area contributed by atoms with Crippen molar-refractivity contribution in [3.05, 3.63) is 167 Å². The third kappa shape index (κ3) is 7.06. The summed E-state index contributed by atoms with van der Waals surface area (Å²) in [6.45, 7) is 1.000. The van der Waals surface area contributed by atoms with Crippen LogP contribution in [0, 0.1) is 17.8 Å². The minimum absolute atomic E-state index is 0.0371. The summed E-state index contributed by atoms with van der Waals surface area (Å²) >= 11 is 0. The smallest absolute Gasteiger partial charge is 0.421 e. The Balaban J connectivity index is 1.35. The summed E-state index contributed by atoms with van der Waals surface area (Å²) in [5.74, 6) is 2.36. The van der Waals surface area contributed by atoms with E-state index < -0.39 is 59.4 Å². The highest BCUT2D eigenvalue weighted by atomic mass is 16.6. The maximum atomic E-state index is 15.8. The zero-order chi connectivity index (χ0) is 42.0. The lowest BCUT2D eigenvalue weighted by Crippen LogP contribution is -2.55. The molecule has 3 amide bonds.